The lowest BCUT2D eigenvalue weighted by molar-refractivity contribution is 0.0953. The molecule has 0 spiro atoms. The average molecular weight is 416 g/mol. The Labute approximate surface area is 183 Å². The highest BCUT2D eigenvalue weighted by molar-refractivity contribution is 5.94. The molecule has 5 nitrogen and oxygen atoms in total. The summed E-state index contributed by atoms with van der Waals surface area (Å²) in [7, 11) is 0. The van der Waals surface area contributed by atoms with Crippen LogP contribution in [0.5, 0.6) is 0 Å². The molecule has 0 saturated heterocycles. The zero-order chi connectivity index (χ0) is 22.4. The molecule has 0 saturated carbocycles. The molecule has 1 heterocycles. The van der Waals surface area contributed by atoms with Crippen LogP contribution < -0.4 is 11.0 Å². The Morgan fingerprint density at radius 1 is 1.00 bits per heavy atom. The van der Waals surface area contributed by atoms with Gasteiger partial charge < -0.3 is 4.57 Å². The van der Waals surface area contributed by atoms with Crippen LogP contribution in [0.4, 0.5) is 0 Å². The fourth-order valence-corrected chi connectivity index (χ4v) is 3.21. The summed E-state index contributed by atoms with van der Waals surface area (Å²) < 4.78 is 1.54. The van der Waals surface area contributed by atoms with E-state index in [1.807, 2.05) is 36.4 Å². The van der Waals surface area contributed by atoms with Gasteiger partial charge >= 0.3 is 0 Å². The van der Waals surface area contributed by atoms with E-state index < -0.39 is 5.91 Å². The molecule has 0 aliphatic rings. The van der Waals surface area contributed by atoms with E-state index in [0.717, 1.165) is 17.5 Å². The van der Waals surface area contributed by atoms with Crippen molar-refractivity contribution in [2.45, 2.75) is 46.1 Å². The molecule has 31 heavy (non-hydrogen) atoms. The lowest BCUT2D eigenvalue weighted by Crippen LogP contribution is -2.30. The van der Waals surface area contributed by atoms with E-state index in [1.54, 1.807) is 18.5 Å². The van der Waals surface area contributed by atoms with Gasteiger partial charge in [-0.05, 0) is 46.2 Å². The maximum Gasteiger partial charge on any atom is 0.276 e. The molecule has 1 N–H and O–H groups in total. The molecule has 0 aliphatic heterocycles. The third-order valence-electron chi connectivity index (χ3n) is 5.21. The molecule has 3 aromatic rings. The molecule has 0 aliphatic carbocycles. The van der Waals surface area contributed by atoms with E-state index in [2.05, 4.69) is 50.4 Å². The lowest BCUT2D eigenvalue weighted by Gasteiger charge is -2.19. The molecule has 160 valence electrons. The van der Waals surface area contributed by atoms with Gasteiger partial charge in [0.2, 0.25) is 0 Å². The van der Waals surface area contributed by atoms with Gasteiger partial charge in [0.25, 0.3) is 11.5 Å². The minimum absolute atomic E-state index is 0.0623. The molecule has 3 rings (SSSR count). The number of pyridine rings is 1. The number of benzene rings is 2. The van der Waals surface area contributed by atoms with Crippen LogP contribution >= 0.6 is 0 Å². The molecular formula is C26H29N3O2. The van der Waals surface area contributed by atoms with Gasteiger partial charge in [-0.15, -0.1) is 0 Å². The average Bonchev–Trinajstić information content (AvgIpc) is 2.75. The maximum atomic E-state index is 12.8. The smallest absolute Gasteiger partial charge is 0.276 e. The van der Waals surface area contributed by atoms with E-state index in [4.69, 9.17) is 0 Å². The topological polar surface area (TPSA) is 63.5 Å². The Hall–Kier alpha value is -3.47. The standard InChI is InChI=1S/C26H29N3O2/c1-5-19-8-10-20(11-9-19)17-27-28-24(30)23-7-6-16-29(25(23)31)18-21-12-14-22(15-13-21)26(2,3)4/h6-17H,5,18H2,1-4H3,(H,28,30)/b27-17-. The predicted molar refractivity (Wildman–Crippen MR) is 126 cm³/mol. The van der Waals surface area contributed by atoms with Crippen LogP contribution in [-0.4, -0.2) is 16.7 Å². The summed E-state index contributed by atoms with van der Waals surface area (Å²) in [6.45, 7) is 8.99. The van der Waals surface area contributed by atoms with Crippen LogP contribution in [0.3, 0.4) is 0 Å². The number of hydrazone groups is 1. The van der Waals surface area contributed by atoms with Crippen molar-refractivity contribution in [1.29, 1.82) is 0 Å². The first-order valence-electron chi connectivity index (χ1n) is 10.5. The van der Waals surface area contributed by atoms with E-state index >= 15 is 0 Å². The van der Waals surface area contributed by atoms with Gasteiger partial charge in [0, 0.05) is 6.20 Å². The largest absolute Gasteiger partial charge is 0.310 e. The Kier molecular flexibility index (Phi) is 6.85. The molecule has 2 aromatic carbocycles. The number of amides is 1. The van der Waals surface area contributed by atoms with Crippen molar-refractivity contribution in [2.24, 2.45) is 5.10 Å². The zero-order valence-corrected chi connectivity index (χ0v) is 18.6. The number of rotatable bonds is 6. The maximum absolute atomic E-state index is 12.8. The van der Waals surface area contributed by atoms with E-state index in [1.165, 1.54) is 21.8 Å². The normalized spacial score (nSPS) is 11.6. The number of nitrogens with one attached hydrogen (secondary N) is 1. The second-order valence-corrected chi connectivity index (χ2v) is 8.60. The molecule has 0 atom stereocenters. The molecule has 1 amide bonds. The fourth-order valence-electron chi connectivity index (χ4n) is 3.21. The Morgan fingerprint density at radius 2 is 1.65 bits per heavy atom. The third kappa shape index (κ3) is 5.79. The number of hydrogen-bond donors (Lipinski definition) is 1. The zero-order valence-electron chi connectivity index (χ0n) is 18.6. The summed E-state index contributed by atoms with van der Waals surface area (Å²) >= 11 is 0. The molecule has 1 aromatic heterocycles. The fraction of sp³-hybridized carbons (Fsp3) is 0.269. The number of aryl methyl sites for hydroxylation is 1. The van der Waals surface area contributed by atoms with Crippen molar-refractivity contribution in [3.63, 3.8) is 0 Å². The number of carbonyl (C=O) groups is 1. The molecule has 0 fully saturated rings. The second-order valence-electron chi connectivity index (χ2n) is 8.60. The number of nitrogens with zero attached hydrogens (tertiary/aromatic N) is 2. The van der Waals surface area contributed by atoms with Crippen LogP contribution in [0.2, 0.25) is 0 Å². The van der Waals surface area contributed by atoms with E-state index in [9.17, 15) is 9.59 Å². The van der Waals surface area contributed by atoms with Crippen LogP contribution in [0.15, 0.2) is 76.8 Å². The SMILES string of the molecule is CCc1ccc(/C=N\NC(=O)c2cccn(Cc3ccc(C(C)(C)C)cc3)c2=O)cc1. The summed E-state index contributed by atoms with van der Waals surface area (Å²) in [4.78, 5) is 25.3. The first-order valence-corrected chi connectivity index (χ1v) is 10.5. The first-order chi connectivity index (χ1) is 14.8. The summed E-state index contributed by atoms with van der Waals surface area (Å²) in [5.74, 6) is -0.524. The van der Waals surface area contributed by atoms with Crippen LogP contribution in [-0.2, 0) is 18.4 Å². The van der Waals surface area contributed by atoms with Crippen molar-refractivity contribution in [3.05, 3.63) is 105 Å². The third-order valence-corrected chi connectivity index (χ3v) is 5.21. The minimum atomic E-state index is -0.524. The van der Waals surface area contributed by atoms with E-state index in [0.29, 0.717) is 6.54 Å². The highest BCUT2D eigenvalue weighted by Crippen LogP contribution is 2.22. The second kappa shape index (κ2) is 9.56. The van der Waals surface area contributed by atoms with Crippen molar-refractivity contribution in [3.8, 4) is 0 Å². The molecule has 0 radical (unpaired) electrons. The van der Waals surface area contributed by atoms with Crippen LogP contribution in [0.25, 0.3) is 0 Å². The number of carbonyl (C=O) groups excluding carboxylic acids is 1. The summed E-state index contributed by atoms with van der Waals surface area (Å²) in [5.41, 5.74) is 6.59. The molecular weight excluding hydrogens is 386 g/mol. The highest BCUT2D eigenvalue weighted by Gasteiger charge is 2.14. The van der Waals surface area contributed by atoms with Crippen LogP contribution in [0, 0.1) is 0 Å². The Balaban J connectivity index is 1.70. The first kappa shape index (κ1) is 22.2. The van der Waals surface area contributed by atoms with Crippen molar-refractivity contribution in [2.75, 3.05) is 0 Å². The Bertz CT molecular complexity index is 1120. The molecule has 0 unspecified atom stereocenters. The summed E-state index contributed by atoms with van der Waals surface area (Å²) in [5, 5.41) is 3.99. The number of aromatic nitrogens is 1. The van der Waals surface area contributed by atoms with Gasteiger partial charge in [0.1, 0.15) is 5.56 Å². The van der Waals surface area contributed by atoms with Gasteiger partial charge in [0.15, 0.2) is 0 Å². The number of hydrogen-bond acceptors (Lipinski definition) is 3. The van der Waals surface area contributed by atoms with Gasteiger partial charge in [-0.25, -0.2) is 5.43 Å². The van der Waals surface area contributed by atoms with Crippen molar-refractivity contribution in [1.82, 2.24) is 9.99 Å². The predicted octanol–water partition coefficient (Wildman–Crippen LogP) is 4.52. The van der Waals surface area contributed by atoms with E-state index in [-0.39, 0.29) is 16.5 Å². The lowest BCUT2D eigenvalue weighted by atomic mass is 9.87. The molecule has 5 heteroatoms. The monoisotopic (exact) mass is 415 g/mol. The quantitative estimate of drug-likeness (QED) is 0.475. The highest BCUT2D eigenvalue weighted by atomic mass is 16.2. The summed E-state index contributed by atoms with van der Waals surface area (Å²) in [6.07, 6.45) is 4.22. The van der Waals surface area contributed by atoms with Crippen molar-refractivity contribution >= 4 is 12.1 Å². The molecule has 0 bridgehead atoms. The van der Waals surface area contributed by atoms with Gasteiger partial charge in [0.05, 0.1) is 12.8 Å². The minimum Gasteiger partial charge on any atom is -0.310 e. The Morgan fingerprint density at radius 3 is 2.26 bits per heavy atom. The summed E-state index contributed by atoms with van der Waals surface area (Å²) in [6, 6.07) is 19.3. The van der Waals surface area contributed by atoms with Gasteiger partial charge in [-0.2, -0.15) is 5.10 Å². The van der Waals surface area contributed by atoms with Gasteiger partial charge in [-0.1, -0.05) is 76.2 Å². The van der Waals surface area contributed by atoms with Crippen molar-refractivity contribution < 1.29 is 4.79 Å². The van der Waals surface area contributed by atoms with Gasteiger partial charge in [-0.3, -0.25) is 9.59 Å². The van der Waals surface area contributed by atoms with Crippen LogP contribution in [0.1, 0.15) is 60.3 Å².